The fraction of sp³-hybridized carbons (Fsp3) is 0.261. The Morgan fingerprint density at radius 3 is 2.37 bits per heavy atom. The zero-order valence-corrected chi connectivity index (χ0v) is 19.6. The van der Waals surface area contributed by atoms with Crippen molar-refractivity contribution in [3.63, 3.8) is 0 Å². The van der Waals surface area contributed by atoms with Crippen LogP contribution in [0.15, 0.2) is 35.4 Å². The predicted octanol–water partition coefficient (Wildman–Crippen LogP) is 4.74. The van der Waals surface area contributed by atoms with Crippen LogP contribution in [0.2, 0.25) is 0 Å². The average molecular weight is 512 g/mol. The van der Waals surface area contributed by atoms with Crippen LogP contribution in [0.25, 0.3) is 22.0 Å². The molecular formula is C23H20F4N2O5S. The second-order valence-corrected chi connectivity index (χ2v) is 7.82. The molecule has 0 aliphatic rings. The lowest BCUT2D eigenvalue weighted by Crippen LogP contribution is -2.37. The molecule has 1 N–H and O–H groups in total. The summed E-state index contributed by atoms with van der Waals surface area (Å²) in [4.78, 5) is 28.2. The number of alkyl halides is 3. The molecule has 0 saturated heterocycles. The molecule has 0 aliphatic carbocycles. The first kappa shape index (κ1) is 26.1. The third-order valence-corrected chi connectivity index (χ3v) is 5.40. The number of aromatic hydroxyl groups is 1. The fourth-order valence-corrected chi connectivity index (χ4v) is 3.81. The van der Waals surface area contributed by atoms with Crippen molar-refractivity contribution in [1.29, 1.82) is 0 Å². The summed E-state index contributed by atoms with van der Waals surface area (Å²) in [5.41, 5.74) is 0.348. The van der Waals surface area contributed by atoms with Gasteiger partial charge < -0.3 is 19.5 Å². The molecule has 2 aromatic carbocycles. The molecule has 0 spiro atoms. The van der Waals surface area contributed by atoms with E-state index in [1.165, 1.54) is 31.4 Å². The van der Waals surface area contributed by atoms with E-state index in [1.54, 1.807) is 6.92 Å². The number of carbonyl (C=O) groups is 2. The summed E-state index contributed by atoms with van der Waals surface area (Å²) in [5, 5.41) is 10.4. The smallest absolute Gasteiger partial charge is 0.471 e. The van der Waals surface area contributed by atoms with Crippen LogP contribution >= 0.6 is 12.6 Å². The molecule has 1 amide bonds. The normalized spacial score (nSPS) is 11.4. The zero-order valence-electron chi connectivity index (χ0n) is 18.7. The minimum atomic E-state index is -4.99. The predicted molar refractivity (Wildman–Crippen MR) is 121 cm³/mol. The van der Waals surface area contributed by atoms with Crippen molar-refractivity contribution in [2.45, 2.75) is 24.7 Å². The van der Waals surface area contributed by atoms with Crippen LogP contribution < -0.4 is 4.74 Å². The van der Waals surface area contributed by atoms with Crippen molar-refractivity contribution in [3.05, 3.63) is 47.3 Å². The van der Waals surface area contributed by atoms with Crippen molar-refractivity contribution in [2.75, 3.05) is 20.8 Å². The van der Waals surface area contributed by atoms with Crippen LogP contribution in [0.5, 0.6) is 11.5 Å². The Bertz CT molecular complexity index is 1300. The Morgan fingerprint density at radius 2 is 1.83 bits per heavy atom. The van der Waals surface area contributed by atoms with E-state index in [4.69, 9.17) is 9.47 Å². The summed E-state index contributed by atoms with van der Waals surface area (Å²) < 4.78 is 63.3. The number of thiol groups is 1. The number of amides is 1. The fourth-order valence-electron chi connectivity index (χ4n) is 3.51. The minimum Gasteiger partial charge on any atom is -0.506 e. The summed E-state index contributed by atoms with van der Waals surface area (Å²) in [6, 6.07) is 6.76. The van der Waals surface area contributed by atoms with Gasteiger partial charge in [-0.2, -0.15) is 13.2 Å². The number of pyridine rings is 1. The summed E-state index contributed by atoms with van der Waals surface area (Å²) in [5.74, 6) is -4.31. The van der Waals surface area contributed by atoms with Gasteiger partial charge in [0, 0.05) is 19.0 Å². The first-order valence-electron chi connectivity index (χ1n) is 10.1. The van der Waals surface area contributed by atoms with E-state index in [0.29, 0.717) is 16.0 Å². The SMILES string of the molecule is CCOC(=O)c1c(S)nc2c(OC)c(-c3ccc(CN(C)C(=O)C(F)(F)F)cc3)c(F)cc2c1O. The average Bonchev–Trinajstić information content (AvgIpc) is 2.78. The highest BCUT2D eigenvalue weighted by Crippen LogP contribution is 2.43. The third-order valence-electron chi connectivity index (χ3n) is 5.08. The maximum atomic E-state index is 15.2. The Kier molecular flexibility index (Phi) is 7.44. The molecule has 0 atom stereocenters. The molecule has 1 heterocycles. The first-order valence-corrected chi connectivity index (χ1v) is 10.6. The van der Waals surface area contributed by atoms with Gasteiger partial charge in [0.2, 0.25) is 0 Å². The molecule has 0 saturated carbocycles. The number of halogens is 4. The van der Waals surface area contributed by atoms with Crippen LogP contribution in [0.1, 0.15) is 22.8 Å². The van der Waals surface area contributed by atoms with Crippen molar-refractivity contribution in [2.24, 2.45) is 0 Å². The lowest BCUT2D eigenvalue weighted by Gasteiger charge is -2.19. The molecule has 7 nitrogen and oxygen atoms in total. The van der Waals surface area contributed by atoms with Gasteiger partial charge in [-0.05, 0) is 24.1 Å². The Labute approximate surface area is 202 Å². The summed E-state index contributed by atoms with van der Waals surface area (Å²) in [7, 11) is 2.29. The molecule has 186 valence electrons. The van der Waals surface area contributed by atoms with E-state index in [-0.39, 0.29) is 46.0 Å². The molecule has 0 aliphatic heterocycles. The number of fused-ring (bicyclic) bond motifs is 1. The van der Waals surface area contributed by atoms with Gasteiger partial charge in [-0.1, -0.05) is 24.3 Å². The minimum absolute atomic E-state index is 0.0269. The molecular weight excluding hydrogens is 492 g/mol. The quantitative estimate of drug-likeness (QED) is 0.282. The molecule has 3 aromatic rings. The van der Waals surface area contributed by atoms with Crippen LogP contribution in [-0.4, -0.2) is 53.8 Å². The van der Waals surface area contributed by atoms with Crippen molar-refractivity contribution in [1.82, 2.24) is 9.88 Å². The summed E-state index contributed by atoms with van der Waals surface area (Å²) >= 11 is 4.16. The van der Waals surface area contributed by atoms with Crippen molar-refractivity contribution < 1.29 is 41.7 Å². The second-order valence-electron chi connectivity index (χ2n) is 7.40. The molecule has 0 unspecified atom stereocenters. The lowest BCUT2D eigenvalue weighted by atomic mass is 9.99. The standard InChI is InChI=1S/C23H20F4N2O5S/c1-4-34-21(31)16-18(30)13-9-14(24)15(19(33-3)17(13)28-20(16)35)12-7-5-11(6-8-12)10-29(2)22(32)23(25,26)27/h5-9H,4,10H2,1-3H3,(H2,28,30,35). The highest BCUT2D eigenvalue weighted by molar-refractivity contribution is 7.80. The molecule has 1 aromatic heterocycles. The molecule has 35 heavy (non-hydrogen) atoms. The topological polar surface area (TPSA) is 89.0 Å². The lowest BCUT2D eigenvalue weighted by molar-refractivity contribution is -0.184. The number of ether oxygens (including phenoxy) is 2. The van der Waals surface area contributed by atoms with Gasteiger partial charge in [-0.15, -0.1) is 12.6 Å². The molecule has 0 fully saturated rings. The Hall–Kier alpha value is -3.54. The Balaban J connectivity index is 2.06. The largest absolute Gasteiger partial charge is 0.506 e. The number of nitrogens with zero attached hydrogens (tertiary/aromatic N) is 2. The highest BCUT2D eigenvalue weighted by Gasteiger charge is 2.41. The Morgan fingerprint density at radius 1 is 1.20 bits per heavy atom. The van der Waals surface area contributed by atoms with E-state index < -0.39 is 29.6 Å². The van der Waals surface area contributed by atoms with Crippen molar-refractivity contribution in [3.8, 4) is 22.6 Å². The highest BCUT2D eigenvalue weighted by atomic mass is 32.1. The van der Waals surface area contributed by atoms with Crippen molar-refractivity contribution >= 4 is 35.4 Å². The van der Waals surface area contributed by atoms with E-state index >= 15 is 4.39 Å². The maximum Gasteiger partial charge on any atom is 0.471 e. The van der Waals surface area contributed by atoms with Gasteiger partial charge in [0.25, 0.3) is 0 Å². The van der Waals surface area contributed by atoms with Gasteiger partial charge in [-0.25, -0.2) is 14.2 Å². The van der Waals surface area contributed by atoms with E-state index in [1.807, 2.05) is 0 Å². The third kappa shape index (κ3) is 5.11. The van der Waals surface area contributed by atoms with Gasteiger partial charge in [0.05, 0.1) is 19.3 Å². The van der Waals surface area contributed by atoms with Gasteiger partial charge >= 0.3 is 18.1 Å². The van der Waals surface area contributed by atoms with E-state index in [2.05, 4.69) is 17.6 Å². The number of hydrogen-bond donors (Lipinski definition) is 2. The number of methoxy groups -OCH3 is 1. The number of carbonyl (C=O) groups excluding carboxylic acids is 2. The molecule has 12 heteroatoms. The van der Waals surface area contributed by atoms with Crippen LogP contribution in [0.4, 0.5) is 17.6 Å². The van der Waals surface area contributed by atoms with E-state index in [9.17, 15) is 27.9 Å². The van der Waals surface area contributed by atoms with Gasteiger partial charge in [-0.3, -0.25) is 4.79 Å². The molecule has 0 bridgehead atoms. The summed E-state index contributed by atoms with van der Waals surface area (Å²) in [6.07, 6.45) is -4.99. The van der Waals surface area contributed by atoms with Gasteiger partial charge in [0.15, 0.2) is 5.75 Å². The number of esters is 1. The van der Waals surface area contributed by atoms with Gasteiger partial charge in [0.1, 0.15) is 27.7 Å². The summed E-state index contributed by atoms with van der Waals surface area (Å²) in [6.45, 7) is 1.30. The number of rotatable bonds is 6. The van der Waals surface area contributed by atoms with Crippen LogP contribution in [0.3, 0.4) is 0 Å². The van der Waals surface area contributed by atoms with Crippen LogP contribution in [0, 0.1) is 5.82 Å². The maximum absolute atomic E-state index is 15.2. The second kappa shape index (κ2) is 9.98. The number of benzene rings is 2. The van der Waals surface area contributed by atoms with Crippen LogP contribution in [-0.2, 0) is 16.1 Å². The number of hydrogen-bond acceptors (Lipinski definition) is 7. The molecule has 3 rings (SSSR count). The monoisotopic (exact) mass is 512 g/mol. The number of aromatic nitrogens is 1. The van der Waals surface area contributed by atoms with E-state index in [0.717, 1.165) is 13.1 Å². The molecule has 0 radical (unpaired) electrons. The zero-order chi connectivity index (χ0) is 26.1. The first-order chi connectivity index (χ1) is 16.4.